The molecule has 4 rings (SSSR count). The normalized spacial score (nSPS) is 17.6. The molecule has 2 heterocycles. The lowest BCUT2D eigenvalue weighted by molar-refractivity contribution is -0.117. The maximum atomic E-state index is 12.8. The average molecular weight is 320 g/mol. The van der Waals surface area contributed by atoms with Gasteiger partial charge in [-0.05, 0) is 36.8 Å². The molecule has 1 aliphatic rings. The van der Waals surface area contributed by atoms with E-state index < -0.39 is 5.92 Å². The maximum absolute atomic E-state index is 12.8. The van der Waals surface area contributed by atoms with Crippen molar-refractivity contribution in [3.05, 3.63) is 54.1 Å². The second-order valence-electron chi connectivity index (χ2n) is 6.07. The molecule has 1 atom stereocenters. The van der Waals surface area contributed by atoms with Crippen LogP contribution in [0.5, 0.6) is 0 Å². The summed E-state index contributed by atoms with van der Waals surface area (Å²) in [7, 11) is 0. The van der Waals surface area contributed by atoms with Crippen LogP contribution in [0.2, 0.25) is 0 Å². The highest BCUT2D eigenvalue weighted by Gasteiger charge is 2.36. The van der Waals surface area contributed by atoms with Gasteiger partial charge in [0.1, 0.15) is 5.52 Å². The summed E-state index contributed by atoms with van der Waals surface area (Å²) in [6.45, 7) is 2.35. The number of hydrogen-bond donors (Lipinski definition) is 0. The standard InChI is InChI=1S/C18H16N4O2/c1-12-5-4-6-14(9-12)21-11-13(10-17(21)23)18(24)22-16-8-3-2-7-15(16)19-20-22/h2-9,13H,10-11H2,1H3. The van der Waals surface area contributed by atoms with Crippen LogP contribution in [0.1, 0.15) is 16.8 Å². The number of carbonyl (C=O) groups excluding carboxylic acids is 2. The summed E-state index contributed by atoms with van der Waals surface area (Å²) in [6.07, 6.45) is 0.195. The highest BCUT2D eigenvalue weighted by Crippen LogP contribution is 2.27. The molecule has 1 fully saturated rings. The fraction of sp³-hybridized carbons (Fsp3) is 0.222. The van der Waals surface area contributed by atoms with Crippen LogP contribution >= 0.6 is 0 Å². The smallest absolute Gasteiger partial charge is 0.254 e. The van der Waals surface area contributed by atoms with Crippen molar-refractivity contribution in [2.24, 2.45) is 5.92 Å². The maximum Gasteiger partial charge on any atom is 0.254 e. The zero-order valence-corrected chi connectivity index (χ0v) is 13.2. The Morgan fingerprint density at radius 1 is 1.17 bits per heavy atom. The van der Waals surface area contributed by atoms with Crippen molar-refractivity contribution in [3.63, 3.8) is 0 Å². The number of aromatic nitrogens is 3. The fourth-order valence-electron chi connectivity index (χ4n) is 3.12. The Morgan fingerprint density at radius 3 is 2.83 bits per heavy atom. The van der Waals surface area contributed by atoms with Crippen molar-refractivity contribution in [2.45, 2.75) is 13.3 Å². The second-order valence-corrected chi connectivity index (χ2v) is 6.07. The third kappa shape index (κ3) is 2.36. The van der Waals surface area contributed by atoms with Gasteiger partial charge in [0.2, 0.25) is 5.91 Å². The number of fused-ring (bicyclic) bond motifs is 1. The fourth-order valence-corrected chi connectivity index (χ4v) is 3.12. The van der Waals surface area contributed by atoms with Gasteiger partial charge in [-0.1, -0.05) is 29.5 Å². The Bertz CT molecular complexity index is 947. The summed E-state index contributed by atoms with van der Waals surface area (Å²) < 4.78 is 1.31. The van der Waals surface area contributed by atoms with Gasteiger partial charge in [0.25, 0.3) is 5.91 Å². The SMILES string of the molecule is Cc1cccc(N2CC(C(=O)n3nnc4ccccc43)CC2=O)c1. The number of carbonyl (C=O) groups is 2. The van der Waals surface area contributed by atoms with Gasteiger partial charge < -0.3 is 4.90 Å². The Hall–Kier alpha value is -3.02. The Morgan fingerprint density at radius 2 is 2.00 bits per heavy atom. The van der Waals surface area contributed by atoms with Gasteiger partial charge in [0.15, 0.2) is 0 Å². The molecule has 0 spiro atoms. The number of aryl methyl sites for hydroxylation is 1. The summed E-state index contributed by atoms with van der Waals surface area (Å²) in [5, 5.41) is 7.98. The monoisotopic (exact) mass is 320 g/mol. The molecule has 24 heavy (non-hydrogen) atoms. The lowest BCUT2D eigenvalue weighted by Crippen LogP contribution is -2.28. The van der Waals surface area contributed by atoms with E-state index in [0.29, 0.717) is 17.6 Å². The van der Waals surface area contributed by atoms with Crippen LogP contribution in [0, 0.1) is 12.8 Å². The zero-order chi connectivity index (χ0) is 16.7. The molecule has 6 nitrogen and oxygen atoms in total. The van der Waals surface area contributed by atoms with Crippen molar-refractivity contribution in [1.29, 1.82) is 0 Å². The van der Waals surface area contributed by atoms with Crippen LogP contribution in [0.15, 0.2) is 48.5 Å². The first-order valence-corrected chi connectivity index (χ1v) is 7.85. The van der Waals surface area contributed by atoms with Gasteiger partial charge in [-0.15, -0.1) is 5.10 Å². The van der Waals surface area contributed by atoms with E-state index in [1.54, 1.807) is 4.90 Å². The zero-order valence-electron chi connectivity index (χ0n) is 13.2. The first-order valence-electron chi connectivity index (χ1n) is 7.85. The molecule has 6 heteroatoms. The highest BCUT2D eigenvalue weighted by molar-refractivity contribution is 6.02. The average Bonchev–Trinajstić information content (AvgIpc) is 3.18. The lowest BCUT2D eigenvalue weighted by Gasteiger charge is -2.17. The van der Waals surface area contributed by atoms with Crippen LogP contribution in [0.4, 0.5) is 5.69 Å². The van der Waals surface area contributed by atoms with Crippen LogP contribution in [0.3, 0.4) is 0 Å². The van der Waals surface area contributed by atoms with Crippen LogP contribution in [-0.4, -0.2) is 33.4 Å². The minimum Gasteiger partial charge on any atom is -0.312 e. The van der Waals surface area contributed by atoms with Gasteiger partial charge in [-0.3, -0.25) is 9.59 Å². The quantitative estimate of drug-likeness (QED) is 0.727. The van der Waals surface area contributed by atoms with Gasteiger partial charge in [0, 0.05) is 18.7 Å². The minimum atomic E-state index is -0.414. The molecule has 1 aliphatic heterocycles. The molecule has 0 aliphatic carbocycles. The highest BCUT2D eigenvalue weighted by atomic mass is 16.2. The van der Waals surface area contributed by atoms with E-state index in [4.69, 9.17) is 0 Å². The third-order valence-electron chi connectivity index (χ3n) is 4.35. The van der Waals surface area contributed by atoms with Crippen molar-refractivity contribution in [2.75, 3.05) is 11.4 Å². The molecule has 1 unspecified atom stereocenters. The number of anilines is 1. The first kappa shape index (κ1) is 14.6. The summed E-state index contributed by atoms with van der Waals surface area (Å²) in [5.41, 5.74) is 3.26. The number of amides is 1. The van der Waals surface area contributed by atoms with Gasteiger partial charge in [0.05, 0.1) is 11.4 Å². The summed E-state index contributed by atoms with van der Waals surface area (Å²) in [4.78, 5) is 26.8. The summed E-state index contributed by atoms with van der Waals surface area (Å²) in [6, 6.07) is 15.1. The summed E-state index contributed by atoms with van der Waals surface area (Å²) in [5.74, 6) is -0.640. The second kappa shape index (κ2) is 5.56. The van der Waals surface area contributed by atoms with Crippen molar-refractivity contribution in [1.82, 2.24) is 15.0 Å². The Labute approximate surface area is 138 Å². The predicted octanol–water partition coefficient (Wildman–Crippen LogP) is 2.43. The molecule has 0 N–H and O–H groups in total. The Balaban J connectivity index is 1.62. The van der Waals surface area contributed by atoms with Crippen molar-refractivity contribution in [3.8, 4) is 0 Å². The van der Waals surface area contributed by atoms with Crippen LogP contribution in [-0.2, 0) is 4.79 Å². The largest absolute Gasteiger partial charge is 0.312 e. The molecule has 0 radical (unpaired) electrons. The Kier molecular flexibility index (Phi) is 3.37. The predicted molar refractivity (Wildman–Crippen MR) is 89.8 cm³/mol. The van der Waals surface area contributed by atoms with E-state index in [9.17, 15) is 9.59 Å². The lowest BCUT2D eigenvalue weighted by atomic mass is 10.1. The van der Waals surface area contributed by atoms with E-state index in [1.165, 1.54) is 4.68 Å². The molecule has 1 aromatic heterocycles. The number of benzene rings is 2. The van der Waals surface area contributed by atoms with E-state index >= 15 is 0 Å². The molecular weight excluding hydrogens is 304 g/mol. The third-order valence-corrected chi connectivity index (χ3v) is 4.35. The molecule has 1 amide bonds. The van der Waals surface area contributed by atoms with Crippen molar-refractivity contribution >= 4 is 28.5 Å². The minimum absolute atomic E-state index is 0.0385. The molecule has 1 saturated heterocycles. The number of hydrogen-bond acceptors (Lipinski definition) is 4. The van der Waals surface area contributed by atoms with Gasteiger partial charge >= 0.3 is 0 Å². The van der Waals surface area contributed by atoms with Gasteiger partial charge in [-0.25, -0.2) is 0 Å². The molecule has 120 valence electrons. The topological polar surface area (TPSA) is 68.1 Å². The van der Waals surface area contributed by atoms with E-state index in [2.05, 4.69) is 10.3 Å². The number of para-hydroxylation sites is 1. The van der Waals surface area contributed by atoms with E-state index in [1.807, 2.05) is 55.5 Å². The van der Waals surface area contributed by atoms with E-state index in [-0.39, 0.29) is 18.2 Å². The van der Waals surface area contributed by atoms with Gasteiger partial charge in [-0.2, -0.15) is 4.68 Å². The first-order chi connectivity index (χ1) is 11.6. The van der Waals surface area contributed by atoms with E-state index in [0.717, 1.165) is 11.3 Å². The molecule has 0 saturated carbocycles. The molecule has 0 bridgehead atoms. The number of rotatable bonds is 2. The summed E-state index contributed by atoms with van der Waals surface area (Å²) >= 11 is 0. The molecule has 2 aromatic carbocycles. The molecule has 3 aromatic rings. The number of nitrogens with zero attached hydrogens (tertiary/aromatic N) is 4. The van der Waals surface area contributed by atoms with Crippen molar-refractivity contribution < 1.29 is 9.59 Å². The van der Waals surface area contributed by atoms with Crippen LogP contribution < -0.4 is 4.90 Å². The molecular formula is C18H16N4O2. The van der Waals surface area contributed by atoms with Crippen LogP contribution in [0.25, 0.3) is 11.0 Å².